The Morgan fingerprint density at radius 1 is 0.919 bits per heavy atom. The second-order valence-corrected chi connectivity index (χ2v) is 9.52. The number of anilines is 1. The van der Waals surface area contributed by atoms with Gasteiger partial charge >= 0.3 is 6.03 Å². The largest absolute Gasteiger partial charge is 0.335 e. The summed E-state index contributed by atoms with van der Waals surface area (Å²) in [5, 5.41) is 4.56. The summed E-state index contributed by atoms with van der Waals surface area (Å²) in [5.74, 6) is -0.966. The third-order valence-corrected chi connectivity index (χ3v) is 7.21. The highest BCUT2D eigenvalue weighted by Crippen LogP contribution is 2.30. The van der Waals surface area contributed by atoms with Gasteiger partial charge in [-0.1, -0.05) is 62.4 Å². The van der Waals surface area contributed by atoms with Crippen LogP contribution in [0, 0.1) is 13.8 Å². The van der Waals surface area contributed by atoms with Gasteiger partial charge in [0, 0.05) is 16.8 Å². The Hall–Kier alpha value is -4.45. The van der Waals surface area contributed by atoms with Gasteiger partial charge in [-0.25, -0.2) is 9.69 Å². The maximum Gasteiger partial charge on any atom is 0.335 e. The number of carbonyl (C=O) groups is 3. The highest BCUT2D eigenvalue weighted by molar-refractivity contribution is 6.39. The maximum atomic E-state index is 13.4. The number of amides is 4. The normalized spacial score (nSPS) is 15.9. The molecule has 0 saturated carbocycles. The van der Waals surface area contributed by atoms with Crippen molar-refractivity contribution >= 4 is 40.4 Å². The molecule has 4 aromatic rings. The Morgan fingerprint density at radius 2 is 1.62 bits per heavy atom. The molecule has 0 unspecified atom stereocenters. The summed E-state index contributed by atoms with van der Waals surface area (Å²) in [6, 6.07) is 22.9. The van der Waals surface area contributed by atoms with E-state index in [1.54, 1.807) is 18.2 Å². The molecule has 37 heavy (non-hydrogen) atoms. The summed E-state index contributed by atoms with van der Waals surface area (Å²) in [4.78, 5) is 39.9. The van der Waals surface area contributed by atoms with Crippen molar-refractivity contribution in [2.45, 2.75) is 40.0 Å². The monoisotopic (exact) mass is 491 g/mol. The summed E-state index contributed by atoms with van der Waals surface area (Å²) in [6.07, 6.45) is 2.57. The van der Waals surface area contributed by atoms with Gasteiger partial charge in [-0.2, -0.15) is 0 Å². The highest BCUT2D eigenvalue weighted by atomic mass is 16.2. The first-order valence-corrected chi connectivity index (χ1v) is 12.5. The molecule has 1 aliphatic heterocycles. The molecule has 0 bridgehead atoms. The summed E-state index contributed by atoms with van der Waals surface area (Å²) in [7, 11) is 0. The number of nitrogens with one attached hydrogen (secondary N) is 1. The number of rotatable bonds is 5. The van der Waals surface area contributed by atoms with E-state index < -0.39 is 17.8 Å². The van der Waals surface area contributed by atoms with Crippen LogP contribution in [0.3, 0.4) is 0 Å². The van der Waals surface area contributed by atoms with E-state index in [0.717, 1.165) is 50.3 Å². The molecular weight excluding hydrogens is 462 g/mol. The van der Waals surface area contributed by atoms with Crippen molar-refractivity contribution in [1.29, 1.82) is 0 Å². The zero-order chi connectivity index (χ0) is 26.3. The number of carbonyl (C=O) groups excluding carboxylic acids is 3. The lowest BCUT2D eigenvalue weighted by molar-refractivity contribution is -0.122. The summed E-state index contributed by atoms with van der Waals surface area (Å²) in [5.41, 5.74) is 5.10. The van der Waals surface area contributed by atoms with Gasteiger partial charge in [0.05, 0.1) is 11.4 Å². The van der Waals surface area contributed by atoms with Gasteiger partial charge in [-0.15, -0.1) is 0 Å². The zero-order valence-corrected chi connectivity index (χ0v) is 21.4. The molecule has 1 aliphatic rings. The molecule has 4 amide bonds. The van der Waals surface area contributed by atoms with Crippen molar-refractivity contribution in [3.05, 3.63) is 101 Å². The second-order valence-electron chi connectivity index (χ2n) is 9.52. The summed E-state index contributed by atoms with van der Waals surface area (Å²) >= 11 is 0. The molecule has 1 saturated heterocycles. The van der Waals surface area contributed by atoms with Crippen molar-refractivity contribution in [2.75, 3.05) is 4.90 Å². The van der Waals surface area contributed by atoms with Gasteiger partial charge in [0.2, 0.25) is 0 Å². The quantitative estimate of drug-likeness (QED) is 0.258. The van der Waals surface area contributed by atoms with E-state index in [-0.39, 0.29) is 5.57 Å². The number of barbiturate groups is 1. The van der Waals surface area contributed by atoms with Crippen molar-refractivity contribution in [3.8, 4) is 5.69 Å². The maximum absolute atomic E-state index is 13.4. The molecule has 0 radical (unpaired) electrons. The van der Waals surface area contributed by atoms with Crippen LogP contribution < -0.4 is 10.2 Å². The average Bonchev–Trinajstić information content (AvgIpc) is 3.18. The molecular formula is C31H29N3O3. The molecule has 3 aromatic carbocycles. The number of hydrogen-bond acceptors (Lipinski definition) is 3. The minimum Gasteiger partial charge on any atom is -0.317 e. The first-order chi connectivity index (χ1) is 17.8. The minimum atomic E-state index is -0.746. The van der Waals surface area contributed by atoms with Gasteiger partial charge in [0.15, 0.2) is 0 Å². The van der Waals surface area contributed by atoms with Gasteiger partial charge in [0.1, 0.15) is 5.57 Å². The predicted octanol–water partition coefficient (Wildman–Crippen LogP) is 6.43. The van der Waals surface area contributed by atoms with Crippen LogP contribution >= 0.6 is 0 Å². The lowest BCUT2D eigenvalue weighted by Gasteiger charge is -2.26. The van der Waals surface area contributed by atoms with Crippen molar-refractivity contribution in [3.63, 3.8) is 0 Å². The molecule has 6 nitrogen and oxygen atoms in total. The number of urea groups is 1. The molecule has 1 aromatic heterocycles. The molecule has 6 heteroatoms. The van der Waals surface area contributed by atoms with Gasteiger partial charge in [-0.3, -0.25) is 14.9 Å². The van der Waals surface area contributed by atoms with Crippen LogP contribution in [0.1, 0.15) is 48.7 Å². The van der Waals surface area contributed by atoms with Crippen LogP contribution in [0.25, 0.3) is 22.5 Å². The lowest BCUT2D eigenvalue weighted by atomic mass is 9.98. The van der Waals surface area contributed by atoms with E-state index in [9.17, 15) is 14.4 Å². The van der Waals surface area contributed by atoms with Gasteiger partial charge in [-0.05, 0) is 73.0 Å². The van der Waals surface area contributed by atoms with Crippen molar-refractivity contribution in [1.82, 2.24) is 9.88 Å². The molecule has 5 rings (SSSR count). The molecule has 1 atom stereocenters. The topological polar surface area (TPSA) is 71.4 Å². The third-order valence-electron chi connectivity index (χ3n) is 7.21. The molecule has 0 spiro atoms. The highest BCUT2D eigenvalue weighted by Gasteiger charge is 2.37. The first-order valence-electron chi connectivity index (χ1n) is 12.5. The number of hydrogen-bond donors (Lipinski definition) is 1. The molecule has 2 heterocycles. The Labute approximate surface area is 216 Å². The van der Waals surface area contributed by atoms with Gasteiger partial charge < -0.3 is 4.57 Å². The minimum absolute atomic E-state index is 0.0798. The fourth-order valence-corrected chi connectivity index (χ4v) is 4.94. The third kappa shape index (κ3) is 4.25. The number of aromatic nitrogens is 1. The fraction of sp³-hybridized carbons (Fsp3) is 0.194. The Morgan fingerprint density at radius 3 is 2.35 bits per heavy atom. The number of benzene rings is 3. The SMILES string of the molecule is CC[C@H](C)c1ccc(N2C(=O)NC(=O)/C(=C/c3cc(C)n(-c4cccc5ccccc45)c3C)C2=O)cc1. The predicted molar refractivity (Wildman–Crippen MR) is 147 cm³/mol. The smallest absolute Gasteiger partial charge is 0.317 e. The first kappa shape index (κ1) is 24.3. The zero-order valence-electron chi connectivity index (χ0n) is 21.4. The van der Waals surface area contributed by atoms with E-state index in [1.165, 1.54) is 0 Å². The molecule has 0 aliphatic carbocycles. The van der Waals surface area contributed by atoms with Crippen LogP contribution in [-0.4, -0.2) is 22.4 Å². The van der Waals surface area contributed by atoms with Crippen LogP contribution in [0.2, 0.25) is 0 Å². The summed E-state index contributed by atoms with van der Waals surface area (Å²) in [6.45, 7) is 8.19. The van der Waals surface area contributed by atoms with E-state index >= 15 is 0 Å². The number of aryl methyl sites for hydroxylation is 1. The van der Waals surface area contributed by atoms with Crippen LogP contribution in [-0.2, 0) is 9.59 Å². The van der Waals surface area contributed by atoms with E-state index in [2.05, 4.69) is 48.0 Å². The summed E-state index contributed by atoms with van der Waals surface area (Å²) < 4.78 is 2.12. The van der Waals surface area contributed by atoms with Gasteiger partial charge in [0.25, 0.3) is 11.8 Å². The second kappa shape index (κ2) is 9.54. The lowest BCUT2D eigenvalue weighted by Crippen LogP contribution is -2.54. The Bertz CT molecular complexity index is 1570. The molecule has 1 N–H and O–H groups in total. The Balaban J connectivity index is 1.54. The van der Waals surface area contributed by atoms with Crippen molar-refractivity contribution < 1.29 is 14.4 Å². The average molecular weight is 492 g/mol. The number of nitrogens with zero attached hydrogens (tertiary/aromatic N) is 2. The van der Waals surface area contributed by atoms with Crippen LogP contribution in [0.4, 0.5) is 10.5 Å². The van der Waals surface area contributed by atoms with Crippen molar-refractivity contribution in [2.24, 2.45) is 0 Å². The molecule has 1 fully saturated rings. The van der Waals surface area contributed by atoms with E-state index in [0.29, 0.717) is 11.6 Å². The number of imide groups is 2. The molecule has 186 valence electrons. The standard InChI is InChI=1S/C31H29N3O3/c1-5-19(2)22-13-15-25(16-14-22)34-30(36)27(29(35)32-31(34)37)18-24-17-20(3)33(21(24)4)28-12-8-10-23-9-6-7-11-26(23)28/h6-19H,5H2,1-4H3,(H,32,35,37)/b27-18-/t19-/m0/s1. The van der Waals surface area contributed by atoms with E-state index in [1.807, 2.05) is 50.2 Å². The van der Waals surface area contributed by atoms with E-state index in [4.69, 9.17) is 0 Å². The van der Waals surface area contributed by atoms with Crippen LogP contribution in [0.15, 0.2) is 78.4 Å². The Kier molecular flexibility index (Phi) is 6.25. The van der Waals surface area contributed by atoms with Crippen LogP contribution in [0.5, 0.6) is 0 Å². The number of fused-ring (bicyclic) bond motifs is 1. The fourth-order valence-electron chi connectivity index (χ4n) is 4.94.